The normalized spacial score (nSPS) is 10.5. The van der Waals surface area contributed by atoms with E-state index in [-0.39, 0.29) is 11.9 Å². The molecule has 0 atom stereocenters. The van der Waals surface area contributed by atoms with Crippen molar-refractivity contribution in [3.05, 3.63) is 60.4 Å². The molecule has 2 heterocycles. The predicted molar refractivity (Wildman–Crippen MR) is 97.8 cm³/mol. The average Bonchev–Trinajstić information content (AvgIpc) is 2.62. The Balaban J connectivity index is 2.20. The lowest BCUT2D eigenvalue weighted by atomic mass is 9.99. The van der Waals surface area contributed by atoms with Crippen molar-refractivity contribution in [3.8, 4) is 34.2 Å². The third-order valence-corrected chi connectivity index (χ3v) is 3.66. The Morgan fingerprint density at radius 2 is 1.92 bits per heavy atom. The van der Waals surface area contributed by atoms with Crippen LogP contribution in [0.3, 0.4) is 0 Å². The van der Waals surface area contributed by atoms with Gasteiger partial charge in [-0.15, -0.1) is 0 Å². The van der Waals surface area contributed by atoms with E-state index in [1.54, 1.807) is 12.4 Å². The van der Waals surface area contributed by atoms with Crippen LogP contribution >= 0.6 is 0 Å². The van der Waals surface area contributed by atoms with Crippen LogP contribution in [0.2, 0.25) is 0 Å². The molecule has 0 unspecified atom stereocenters. The predicted octanol–water partition coefficient (Wildman–Crippen LogP) is 4.05. The molecule has 5 nitrogen and oxygen atoms in total. The van der Waals surface area contributed by atoms with Crippen molar-refractivity contribution < 1.29 is 4.74 Å². The molecule has 0 saturated carbocycles. The maximum absolute atomic E-state index is 9.48. The van der Waals surface area contributed by atoms with Gasteiger partial charge in [-0.2, -0.15) is 5.26 Å². The second-order valence-electron chi connectivity index (χ2n) is 5.83. The summed E-state index contributed by atoms with van der Waals surface area (Å²) >= 11 is 0. The van der Waals surface area contributed by atoms with E-state index in [0.29, 0.717) is 16.8 Å². The minimum Gasteiger partial charge on any atom is -0.490 e. The fraction of sp³-hybridized carbons (Fsp3) is 0.150. The SMILES string of the molecule is CC(C)Oc1ccccc1-c1cc(-c2cccnc2)c(C#N)c(N)n1. The number of para-hydroxylation sites is 1. The van der Waals surface area contributed by atoms with E-state index < -0.39 is 0 Å². The number of hydrogen-bond acceptors (Lipinski definition) is 5. The zero-order valence-electron chi connectivity index (χ0n) is 14.1. The minimum atomic E-state index is 0.0367. The van der Waals surface area contributed by atoms with Gasteiger partial charge in [0.15, 0.2) is 0 Å². The van der Waals surface area contributed by atoms with Gasteiger partial charge >= 0.3 is 0 Å². The first-order valence-electron chi connectivity index (χ1n) is 7.97. The number of rotatable bonds is 4. The number of nitriles is 1. The molecule has 2 N–H and O–H groups in total. The topological polar surface area (TPSA) is 84.8 Å². The quantitative estimate of drug-likeness (QED) is 0.780. The van der Waals surface area contributed by atoms with Crippen LogP contribution in [0.5, 0.6) is 5.75 Å². The molecule has 1 aromatic carbocycles. The van der Waals surface area contributed by atoms with Crippen molar-refractivity contribution in [1.82, 2.24) is 9.97 Å². The van der Waals surface area contributed by atoms with Crippen LogP contribution < -0.4 is 10.5 Å². The number of anilines is 1. The molecule has 0 aliphatic heterocycles. The monoisotopic (exact) mass is 330 g/mol. The molecule has 0 amide bonds. The minimum absolute atomic E-state index is 0.0367. The maximum atomic E-state index is 9.48. The lowest BCUT2D eigenvalue weighted by Gasteiger charge is -2.15. The van der Waals surface area contributed by atoms with Crippen molar-refractivity contribution in [1.29, 1.82) is 5.26 Å². The van der Waals surface area contributed by atoms with Crippen molar-refractivity contribution in [2.24, 2.45) is 0 Å². The Labute approximate surface area is 146 Å². The molecule has 0 bridgehead atoms. The number of benzene rings is 1. The van der Waals surface area contributed by atoms with E-state index in [1.165, 1.54) is 0 Å². The van der Waals surface area contributed by atoms with Crippen LogP contribution in [0.15, 0.2) is 54.9 Å². The number of ether oxygens (including phenoxy) is 1. The first kappa shape index (κ1) is 16.5. The molecule has 0 spiro atoms. The summed E-state index contributed by atoms with van der Waals surface area (Å²) in [6.07, 6.45) is 3.43. The second-order valence-corrected chi connectivity index (χ2v) is 5.83. The molecule has 3 rings (SSSR count). The molecule has 0 aliphatic rings. The van der Waals surface area contributed by atoms with Gasteiger partial charge in [0.2, 0.25) is 0 Å². The van der Waals surface area contributed by atoms with E-state index >= 15 is 0 Å². The number of hydrogen-bond donors (Lipinski definition) is 1. The first-order chi connectivity index (χ1) is 12.1. The molecule has 0 saturated heterocycles. The summed E-state index contributed by atoms with van der Waals surface area (Å²) in [6.45, 7) is 3.94. The smallest absolute Gasteiger partial charge is 0.142 e. The van der Waals surface area contributed by atoms with Crippen LogP contribution in [0, 0.1) is 11.3 Å². The van der Waals surface area contributed by atoms with Crippen LogP contribution in [0.1, 0.15) is 19.4 Å². The van der Waals surface area contributed by atoms with Crippen LogP contribution in [-0.2, 0) is 0 Å². The zero-order valence-corrected chi connectivity index (χ0v) is 14.1. The lowest BCUT2D eigenvalue weighted by Crippen LogP contribution is -2.07. The highest BCUT2D eigenvalue weighted by atomic mass is 16.5. The third-order valence-electron chi connectivity index (χ3n) is 3.66. The van der Waals surface area contributed by atoms with Gasteiger partial charge in [-0.05, 0) is 38.1 Å². The Hall–Kier alpha value is -3.39. The fourth-order valence-electron chi connectivity index (χ4n) is 2.60. The molecule has 2 aromatic heterocycles. The first-order valence-corrected chi connectivity index (χ1v) is 7.97. The second kappa shape index (κ2) is 7.02. The number of nitrogens with two attached hydrogens (primary N) is 1. The molecule has 0 radical (unpaired) electrons. The number of nitrogens with zero attached hydrogens (tertiary/aromatic N) is 3. The van der Waals surface area contributed by atoms with Crippen molar-refractivity contribution in [2.75, 3.05) is 5.73 Å². The van der Waals surface area contributed by atoms with Crippen LogP contribution in [0.4, 0.5) is 5.82 Å². The van der Waals surface area contributed by atoms with Crippen molar-refractivity contribution in [2.45, 2.75) is 20.0 Å². The highest BCUT2D eigenvalue weighted by Gasteiger charge is 2.16. The van der Waals surface area contributed by atoms with E-state index in [0.717, 1.165) is 16.9 Å². The molecule has 124 valence electrons. The molecular weight excluding hydrogens is 312 g/mol. The summed E-state index contributed by atoms with van der Waals surface area (Å²) in [5.74, 6) is 0.921. The van der Waals surface area contributed by atoms with Gasteiger partial charge in [-0.3, -0.25) is 4.98 Å². The Morgan fingerprint density at radius 1 is 1.12 bits per heavy atom. The highest BCUT2D eigenvalue weighted by Crippen LogP contribution is 2.35. The van der Waals surface area contributed by atoms with Gasteiger partial charge < -0.3 is 10.5 Å². The Kier molecular flexibility index (Phi) is 4.62. The summed E-state index contributed by atoms with van der Waals surface area (Å²) < 4.78 is 5.88. The van der Waals surface area contributed by atoms with Crippen molar-refractivity contribution >= 4 is 5.82 Å². The Bertz CT molecular complexity index is 930. The number of nitrogen functional groups attached to an aromatic ring is 1. The standard InChI is InChI=1S/C20H18N4O/c1-13(2)25-19-8-4-3-7-15(19)18-10-16(14-6-5-9-23-12-14)17(11-21)20(22)24-18/h3-10,12-13H,1-2H3,(H2,22,24). The molecule has 5 heteroatoms. The molecule has 3 aromatic rings. The summed E-state index contributed by atoms with van der Waals surface area (Å²) in [5.41, 5.74) is 9.42. The summed E-state index contributed by atoms with van der Waals surface area (Å²) in [6, 6.07) is 15.4. The lowest BCUT2D eigenvalue weighted by molar-refractivity contribution is 0.243. The molecule has 0 fully saturated rings. The van der Waals surface area contributed by atoms with Crippen molar-refractivity contribution in [3.63, 3.8) is 0 Å². The largest absolute Gasteiger partial charge is 0.490 e. The van der Waals surface area contributed by atoms with E-state index in [9.17, 15) is 5.26 Å². The molecule has 25 heavy (non-hydrogen) atoms. The highest BCUT2D eigenvalue weighted by molar-refractivity contribution is 5.81. The van der Waals surface area contributed by atoms with E-state index in [4.69, 9.17) is 10.5 Å². The summed E-state index contributed by atoms with van der Waals surface area (Å²) in [4.78, 5) is 8.55. The Morgan fingerprint density at radius 3 is 2.60 bits per heavy atom. The number of aromatic nitrogens is 2. The van der Waals surface area contributed by atoms with Gasteiger partial charge in [0.1, 0.15) is 23.2 Å². The van der Waals surface area contributed by atoms with Gasteiger partial charge in [-0.1, -0.05) is 18.2 Å². The van der Waals surface area contributed by atoms with E-state index in [2.05, 4.69) is 16.0 Å². The third kappa shape index (κ3) is 3.43. The zero-order chi connectivity index (χ0) is 17.8. The molecule has 0 aliphatic carbocycles. The fourth-order valence-corrected chi connectivity index (χ4v) is 2.60. The van der Waals surface area contributed by atoms with Gasteiger partial charge in [0.25, 0.3) is 0 Å². The van der Waals surface area contributed by atoms with Gasteiger partial charge in [0, 0.05) is 29.1 Å². The van der Waals surface area contributed by atoms with Gasteiger partial charge in [-0.25, -0.2) is 4.98 Å². The van der Waals surface area contributed by atoms with Crippen LogP contribution in [-0.4, -0.2) is 16.1 Å². The average molecular weight is 330 g/mol. The maximum Gasteiger partial charge on any atom is 0.142 e. The van der Waals surface area contributed by atoms with Gasteiger partial charge in [0.05, 0.1) is 11.8 Å². The van der Waals surface area contributed by atoms with Crippen LogP contribution in [0.25, 0.3) is 22.4 Å². The molecular formula is C20H18N4O. The van der Waals surface area contributed by atoms with E-state index in [1.807, 2.05) is 56.3 Å². The number of pyridine rings is 2. The summed E-state index contributed by atoms with van der Waals surface area (Å²) in [7, 11) is 0. The summed E-state index contributed by atoms with van der Waals surface area (Å²) in [5, 5.41) is 9.48.